The minimum Gasteiger partial charge on any atom is -0.354 e. The third-order valence-corrected chi connectivity index (χ3v) is 5.54. The Morgan fingerprint density at radius 2 is 2.19 bits per heavy atom. The average Bonchev–Trinajstić information content (AvgIpc) is 2.99. The molecule has 27 heavy (non-hydrogen) atoms. The van der Waals surface area contributed by atoms with Crippen molar-refractivity contribution in [3.63, 3.8) is 0 Å². The van der Waals surface area contributed by atoms with Crippen LogP contribution in [0.2, 0.25) is 0 Å². The van der Waals surface area contributed by atoms with Crippen LogP contribution in [0.4, 0.5) is 0 Å². The fourth-order valence-electron chi connectivity index (χ4n) is 3.82. The molecule has 0 saturated carbocycles. The second-order valence-corrected chi connectivity index (χ2v) is 7.99. The smallest absolute Gasteiger partial charge is 0.264 e. The van der Waals surface area contributed by atoms with Crippen LogP contribution in [0.25, 0.3) is 11.0 Å². The van der Waals surface area contributed by atoms with Gasteiger partial charge in [-0.15, -0.1) is 0 Å². The van der Waals surface area contributed by atoms with E-state index in [9.17, 15) is 9.59 Å². The van der Waals surface area contributed by atoms with Crippen LogP contribution >= 0.6 is 0 Å². The van der Waals surface area contributed by atoms with Crippen LogP contribution in [0.5, 0.6) is 0 Å². The van der Waals surface area contributed by atoms with Crippen molar-refractivity contribution >= 4 is 16.9 Å². The monoisotopic (exact) mass is 371 g/mol. The van der Waals surface area contributed by atoms with Crippen molar-refractivity contribution in [1.82, 2.24) is 14.5 Å². The van der Waals surface area contributed by atoms with Gasteiger partial charge in [0.05, 0.1) is 12.6 Å². The summed E-state index contributed by atoms with van der Waals surface area (Å²) < 4.78 is 7.54. The van der Waals surface area contributed by atoms with Gasteiger partial charge in [-0.25, -0.2) is 4.98 Å². The molecule has 1 fully saturated rings. The summed E-state index contributed by atoms with van der Waals surface area (Å²) >= 11 is 0. The molecule has 1 saturated heterocycles. The Labute approximate surface area is 160 Å². The maximum Gasteiger partial charge on any atom is 0.264 e. The van der Waals surface area contributed by atoms with Crippen molar-refractivity contribution in [3.8, 4) is 0 Å². The van der Waals surface area contributed by atoms with Gasteiger partial charge in [0.15, 0.2) is 0 Å². The van der Waals surface area contributed by atoms with Crippen LogP contribution in [-0.4, -0.2) is 38.7 Å². The van der Waals surface area contributed by atoms with Gasteiger partial charge in [0, 0.05) is 18.6 Å². The predicted molar refractivity (Wildman–Crippen MR) is 106 cm³/mol. The van der Waals surface area contributed by atoms with Crippen LogP contribution < -0.4 is 5.56 Å². The second kappa shape index (κ2) is 7.43. The summed E-state index contributed by atoms with van der Waals surface area (Å²) in [5.41, 5.74) is -0.250. The summed E-state index contributed by atoms with van der Waals surface area (Å²) in [5, 5.41) is 0.778. The Morgan fingerprint density at radius 3 is 2.85 bits per heavy atom. The topological polar surface area (TPSA) is 64.4 Å². The number of carbonyl (C=O) groups excluding carboxylic acids is 1. The van der Waals surface area contributed by atoms with Gasteiger partial charge in [0.1, 0.15) is 16.9 Å². The number of ether oxygens (including phenoxy) is 1. The highest BCUT2D eigenvalue weighted by Gasteiger charge is 2.46. The van der Waals surface area contributed by atoms with Gasteiger partial charge in [0.25, 0.3) is 11.5 Å². The molecule has 3 heterocycles. The summed E-state index contributed by atoms with van der Waals surface area (Å²) in [5.74, 6) is 0.264. The summed E-state index contributed by atoms with van der Waals surface area (Å²) in [6.07, 6.45) is 4.14. The predicted octanol–water partition coefficient (Wildman–Crippen LogP) is 3.34. The Bertz CT molecular complexity index is 905. The van der Waals surface area contributed by atoms with Gasteiger partial charge in [-0.3, -0.25) is 14.2 Å². The number of fused-ring (bicyclic) bond motifs is 1. The minimum atomic E-state index is -0.684. The first-order valence-corrected chi connectivity index (χ1v) is 9.71. The van der Waals surface area contributed by atoms with E-state index in [4.69, 9.17) is 4.74 Å². The fraction of sp³-hybridized carbons (Fsp3) is 0.571. The lowest BCUT2D eigenvalue weighted by molar-refractivity contribution is -0.0641. The van der Waals surface area contributed by atoms with Crippen molar-refractivity contribution in [1.29, 1.82) is 0 Å². The average molecular weight is 371 g/mol. The van der Waals surface area contributed by atoms with Crippen LogP contribution in [0.1, 0.15) is 57.3 Å². The number of carbonyl (C=O) groups is 1. The number of aryl methyl sites for hydroxylation is 1. The zero-order chi connectivity index (χ0) is 19.8. The molecule has 0 unspecified atom stereocenters. The SMILES string of the molecule is CC[C@H]1CO[C@](C)(CCC(C)C)N1C(=O)c1cc2cccnc2n(C)c1=O. The van der Waals surface area contributed by atoms with E-state index in [0.717, 1.165) is 24.6 Å². The first kappa shape index (κ1) is 19.5. The van der Waals surface area contributed by atoms with E-state index >= 15 is 0 Å². The Morgan fingerprint density at radius 1 is 1.44 bits per heavy atom. The Balaban J connectivity index is 2.05. The van der Waals surface area contributed by atoms with Gasteiger partial charge in [-0.1, -0.05) is 20.8 Å². The number of rotatable bonds is 5. The van der Waals surface area contributed by atoms with Crippen LogP contribution in [0.3, 0.4) is 0 Å². The van der Waals surface area contributed by atoms with Crippen molar-refractivity contribution < 1.29 is 9.53 Å². The molecule has 0 N–H and O–H groups in total. The molecule has 2 atom stereocenters. The van der Waals surface area contributed by atoms with Gasteiger partial charge in [-0.05, 0) is 50.3 Å². The zero-order valence-electron chi connectivity index (χ0n) is 16.9. The Kier molecular flexibility index (Phi) is 5.38. The second-order valence-electron chi connectivity index (χ2n) is 7.99. The molecule has 1 aliphatic rings. The maximum atomic E-state index is 13.5. The Hall–Kier alpha value is -2.21. The van der Waals surface area contributed by atoms with E-state index in [0.29, 0.717) is 18.2 Å². The summed E-state index contributed by atoms with van der Waals surface area (Å²) in [6.45, 7) is 8.84. The summed E-state index contributed by atoms with van der Waals surface area (Å²) in [7, 11) is 1.66. The van der Waals surface area contributed by atoms with E-state index in [1.165, 1.54) is 4.57 Å². The van der Waals surface area contributed by atoms with E-state index < -0.39 is 5.72 Å². The molecule has 3 rings (SSSR count). The van der Waals surface area contributed by atoms with Crippen LogP contribution in [-0.2, 0) is 11.8 Å². The van der Waals surface area contributed by atoms with E-state index in [-0.39, 0.29) is 23.1 Å². The highest BCUT2D eigenvalue weighted by Crippen LogP contribution is 2.35. The van der Waals surface area contributed by atoms with E-state index in [1.807, 2.05) is 26.0 Å². The molecule has 146 valence electrons. The molecular weight excluding hydrogens is 342 g/mol. The number of pyridine rings is 2. The zero-order valence-corrected chi connectivity index (χ0v) is 16.9. The number of hydrogen-bond donors (Lipinski definition) is 0. The van der Waals surface area contributed by atoms with E-state index in [1.54, 1.807) is 24.2 Å². The standard InChI is InChI=1S/C21H29N3O3/c1-6-16-13-27-21(4,10-9-14(2)3)24(16)20(26)17-12-15-8-7-11-22-18(15)23(5)19(17)25/h7-8,11-12,14,16H,6,9-10,13H2,1-5H3/t16-,21+/m0/s1. The highest BCUT2D eigenvalue weighted by atomic mass is 16.5. The first-order chi connectivity index (χ1) is 12.8. The molecule has 1 aliphatic heterocycles. The summed E-state index contributed by atoms with van der Waals surface area (Å²) in [4.78, 5) is 32.5. The summed E-state index contributed by atoms with van der Waals surface area (Å²) in [6, 6.07) is 5.32. The molecule has 0 bridgehead atoms. The number of aromatic nitrogens is 2. The van der Waals surface area contributed by atoms with Gasteiger partial charge >= 0.3 is 0 Å². The first-order valence-electron chi connectivity index (χ1n) is 9.71. The van der Waals surface area contributed by atoms with Gasteiger partial charge < -0.3 is 9.64 Å². The third-order valence-electron chi connectivity index (χ3n) is 5.54. The third kappa shape index (κ3) is 3.50. The van der Waals surface area contributed by atoms with E-state index in [2.05, 4.69) is 18.8 Å². The molecule has 0 spiro atoms. The van der Waals surface area contributed by atoms with Crippen molar-refractivity contribution in [2.24, 2.45) is 13.0 Å². The number of nitrogens with zero attached hydrogens (tertiary/aromatic N) is 3. The lowest BCUT2D eigenvalue weighted by atomic mass is 9.99. The van der Waals surface area contributed by atoms with Gasteiger partial charge in [0.2, 0.25) is 0 Å². The van der Waals surface area contributed by atoms with Crippen molar-refractivity contribution in [3.05, 3.63) is 40.3 Å². The minimum absolute atomic E-state index is 0.0241. The molecule has 2 aromatic rings. The molecule has 2 aromatic heterocycles. The highest BCUT2D eigenvalue weighted by molar-refractivity contribution is 5.97. The molecule has 0 radical (unpaired) electrons. The number of hydrogen-bond acceptors (Lipinski definition) is 4. The largest absolute Gasteiger partial charge is 0.354 e. The van der Waals surface area contributed by atoms with Crippen molar-refractivity contribution in [2.45, 2.75) is 58.7 Å². The normalized spacial score (nSPS) is 22.7. The molecule has 6 nitrogen and oxygen atoms in total. The molecule has 0 aliphatic carbocycles. The quantitative estimate of drug-likeness (QED) is 0.809. The fourth-order valence-corrected chi connectivity index (χ4v) is 3.82. The van der Waals surface area contributed by atoms with Crippen LogP contribution in [0, 0.1) is 5.92 Å². The number of amides is 1. The lowest BCUT2D eigenvalue weighted by Gasteiger charge is -2.37. The van der Waals surface area contributed by atoms with Crippen molar-refractivity contribution in [2.75, 3.05) is 6.61 Å². The molecule has 0 aromatic carbocycles. The lowest BCUT2D eigenvalue weighted by Crippen LogP contribution is -2.51. The molecule has 1 amide bonds. The van der Waals surface area contributed by atoms with Crippen LogP contribution in [0.15, 0.2) is 29.2 Å². The molecule has 6 heteroatoms. The maximum absolute atomic E-state index is 13.5. The van der Waals surface area contributed by atoms with Gasteiger partial charge in [-0.2, -0.15) is 0 Å². The molecular formula is C21H29N3O3.